The molecule has 1 amide bonds. The van der Waals surface area contributed by atoms with Crippen molar-refractivity contribution in [2.24, 2.45) is 5.92 Å². The minimum absolute atomic E-state index is 0.0438. The third kappa shape index (κ3) is 5.75. The quantitative estimate of drug-likeness (QED) is 0.386. The van der Waals surface area contributed by atoms with E-state index in [1.165, 1.54) is 29.2 Å². The van der Waals surface area contributed by atoms with Gasteiger partial charge >= 0.3 is 5.97 Å². The molecule has 0 radical (unpaired) electrons. The van der Waals surface area contributed by atoms with Crippen molar-refractivity contribution >= 4 is 27.4 Å². The zero-order chi connectivity index (χ0) is 20.2. The number of sulfone groups is 1. The Balaban J connectivity index is 2.00. The van der Waals surface area contributed by atoms with Gasteiger partial charge in [0.05, 0.1) is 22.0 Å². The summed E-state index contributed by atoms with van der Waals surface area (Å²) in [5.41, 5.74) is -0.0690. The summed E-state index contributed by atoms with van der Waals surface area (Å²) < 4.78 is 28.4. The van der Waals surface area contributed by atoms with Crippen LogP contribution in [0.15, 0.2) is 24.3 Å². The highest BCUT2D eigenvalue weighted by Gasteiger charge is 2.35. The van der Waals surface area contributed by atoms with E-state index in [-0.39, 0.29) is 28.7 Å². The highest BCUT2D eigenvalue weighted by Crippen LogP contribution is 2.19. The Morgan fingerprint density at radius 3 is 2.41 bits per heavy atom. The Bertz CT molecular complexity index is 818. The normalized spacial score (nSPS) is 18.3. The number of non-ortho nitro benzene ring substituents is 1. The van der Waals surface area contributed by atoms with Crippen LogP contribution in [-0.2, 0) is 19.4 Å². The largest absolute Gasteiger partial charge is 0.452 e. The molecular weight excluding hydrogens is 376 g/mol. The van der Waals surface area contributed by atoms with Gasteiger partial charge in [0.2, 0.25) is 0 Å². The van der Waals surface area contributed by atoms with Gasteiger partial charge in [0, 0.05) is 24.7 Å². The van der Waals surface area contributed by atoms with Gasteiger partial charge in [-0.2, -0.15) is 0 Å². The van der Waals surface area contributed by atoms with E-state index in [4.69, 9.17) is 4.74 Å². The predicted octanol–water partition coefficient (Wildman–Crippen LogP) is 1.42. The van der Waals surface area contributed by atoms with E-state index in [1.807, 2.05) is 13.8 Å². The number of benzene rings is 1. The molecule has 0 saturated carbocycles. The molecule has 10 heteroatoms. The molecule has 1 saturated heterocycles. The summed E-state index contributed by atoms with van der Waals surface area (Å²) in [6.45, 7) is 3.67. The third-order valence-electron chi connectivity index (χ3n) is 4.17. The molecule has 1 aliphatic heterocycles. The van der Waals surface area contributed by atoms with Crippen LogP contribution >= 0.6 is 0 Å². The fourth-order valence-electron chi connectivity index (χ4n) is 2.88. The molecule has 1 aromatic rings. The van der Waals surface area contributed by atoms with Crippen molar-refractivity contribution in [1.29, 1.82) is 0 Å². The molecule has 27 heavy (non-hydrogen) atoms. The number of carbonyl (C=O) groups is 2. The number of hydrogen-bond donors (Lipinski definition) is 0. The van der Waals surface area contributed by atoms with E-state index in [2.05, 4.69) is 0 Å². The fraction of sp³-hybridized carbons (Fsp3) is 0.529. The summed E-state index contributed by atoms with van der Waals surface area (Å²) >= 11 is 0. The van der Waals surface area contributed by atoms with Crippen LogP contribution in [0.25, 0.3) is 0 Å². The van der Waals surface area contributed by atoms with Crippen molar-refractivity contribution in [3.8, 4) is 0 Å². The number of hydrogen-bond acceptors (Lipinski definition) is 7. The van der Waals surface area contributed by atoms with E-state index in [0.717, 1.165) is 0 Å². The van der Waals surface area contributed by atoms with E-state index in [1.54, 1.807) is 0 Å². The first-order valence-corrected chi connectivity index (χ1v) is 10.3. The molecule has 1 aliphatic rings. The molecule has 1 heterocycles. The van der Waals surface area contributed by atoms with Crippen LogP contribution in [0.4, 0.5) is 5.69 Å². The number of nitro groups is 1. The zero-order valence-electron chi connectivity index (χ0n) is 15.2. The minimum atomic E-state index is -3.15. The zero-order valence-corrected chi connectivity index (χ0v) is 16.0. The van der Waals surface area contributed by atoms with Crippen LogP contribution in [0, 0.1) is 16.0 Å². The van der Waals surface area contributed by atoms with Gasteiger partial charge in [-0.1, -0.05) is 13.8 Å². The Morgan fingerprint density at radius 1 is 1.30 bits per heavy atom. The average molecular weight is 398 g/mol. The van der Waals surface area contributed by atoms with Crippen LogP contribution in [0.1, 0.15) is 30.6 Å². The lowest BCUT2D eigenvalue weighted by Crippen LogP contribution is -2.45. The molecule has 148 valence electrons. The van der Waals surface area contributed by atoms with Crippen LogP contribution in [-0.4, -0.2) is 60.8 Å². The first-order valence-electron chi connectivity index (χ1n) is 8.50. The first-order chi connectivity index (χ1) is 12.6. The number of esters is 1. The number of ether oxygens (including phenoxy) is 1. The highest BCUT2D eigenvalue weighted by atomic mass is 32.2. The molecule has 0 bridgehead atoms. The lowest BCUT2D eigenvalue weighted by Gasteiger charge is -2.29. The van der Waals surface area contributed by atoms with Crippen molar-refractivity contribution < 1.29 is 27.7 Å². The summed E-state index contributed by atoms with van der Waals surface area (Å²) in [7, 11) is -3.15. The average Bonchev–Trinajstić information content (AvgIpc) is 2.96. The predicted molar refractivity (Wildman–Crippen MR) is 97.0 cm³/mol. The van der Waals surface area contributed by atoms with Crippen LogP contribution < -0.4 is 0 Å². The van der Waals surface area contributed by atoms with Gasteiger partial charge in [-0.15, -0.1) is 0 Å². The van der Waals surface area contributed by atoms with Crippen molar-refractivity contribution in [3.63, 3.8) is 0 Å². The summed E-state index contributed by atoms with van der Waals surface area (Å²) in [4.78, 5) is 36.1. The third-order valence-corrected chi connectivity index (χ3v) is 5.92. The van der Waals surface area contributed by atoms with Gasteiger partial charge in [0.25, 0.3) is 11.6 Å². The van der Waals surface area contributed by atoms with Gasteiger partial charge < -0.3 is 9.64 Å². The van der Waals surface area contributed by atoms with Crippen molar-refractivity contribution in [2.45, 2.75) is 26.3 Å². The molecule has 0 aromatic heterocycles. The molecule has 1 aromatic carbocycles. The molecular formula is C17H22N2O7S. The maximum atomic E-state index is 12.5. The maximum Gasteiger partial charge on any atom is 0.338 e. The van der Waals surface area contributed by atoms with Crippen LogP contribution in [0.5, 0.6) is 0 Å². The Morgan fingerprint density at radius 2 is 1.93 bits per heavy atom. The van der Waals surface area contributed by atoms with Crippen molar-refractivity contribution in [2.75, 3.05) is 24.7 Å². The van der Waals surface area contributed by atoms with Crippen molar-refractivity contribution in [3.05, 3.63) is 39.9 Å². The summed E-state index contributed by atoms with van der Waals surface area (Å²) in [5, 5.41) is 10.6. The number of nitrogens with zero attached hydrogens (tertiary/aromatic N) is 2. The Kier molecular flexibility index (Phi) is 6.53. The SMILES string of the molecule is CC(C)CN(C(=O)COC(=O)c1ccc([N+](=O)[O-])cc1)[C@H]1CCS(=O)(=O)C1. The first kappa shape index (κ1) is 20.8. The standard InChI is InChI=1S/C17H22N2O7S/c1-12(2)9-18(15-7-8-27(24,25)11-15)16(20)10-26-17(21)13-3-5-14(6-4-13)19(22)23/h3-6,12,15H,7-11H2,1-2H3/t15-/m0/s1. The monoisotopic (exact) mass is 398 g/mol. The molecule has 2 rings (SSSR count). The minimum Gasteiger partial charge on any atom is -0.452 e. The van der Waals surface area contributed by atoms with E-state index in [9.17, 15) is 28.1 Å². The Hall–Kier alpha value is -2.49. The lowest BCUT2D eigenvalue weighted by molar-refractivity contribution is -0.384. The molecule has 0 spiro atoms. The van der Waals surface area contributed by atoms with Crippen LogP contribution in [0.3, 0.4) is 0 Å². The molecule has 9 nitrogen and oxygen atoms in total. The van der Waals surface area contributed by atoms with Gasteiger partial charge in [-0.3, -0.25) is 14.9 Å². The molecule has 1 atom stereocenters. The number of rotatable bonds is 7. The fourth-order valence-corrected chi connectivity index (χ4v) is 4.61. The number of amides is 1. The second-order valence-corrected chi connectivity index (χ2v) is 9.11. The second kappa shape index (κ2) is 8.47. The summed E-state index contributed by atoms with van der Waals surface area (Å²) in [5.74, 6) is -1.14. The van der Waals surface area contributed by atoms with E-state index >= 15 is 0 Å². The van der Waals surface area contributed by atoms with E-state index < -0.39 is 39.3 Å². The smallest absolute Gasteiger partial charge is 0.338 e. The molecule has 0 N–H and O–H groups in total. The molecule has 1 fully saturated rings. The van der Waals surface area contributed by atoms with Gasteiger partial charge in [-0.05, 0) is 24.5 Å². The second-order valence-electron chi connectivity index (χ2n) is 6.88. The van der Waals surface area contributed by atoms with Gasteiger partial charge in [0.15, 0.2) is 16.4 Å². The van der Waals surface area contributed by atoms with Crippen LogP contribution in [0.2, 0.25) is 0 Å². The van der Waals surface area contributed by atoms with Gasteiger partial charge in [0.1, 0.15) is 0 Å². The van der Waals surface area contributed by atoms with Gasteiger partial charge in [-0.25, -0.2) is 13.2 Å². The number of carbonyl (C=O) groups excluding carboxylic acids is 2. The molecule has 0 unspecified atom stereocenters. The lowest BCUT2D eigenvalue weighted by atomic mass is 10.1. The number of nitro benzene ring substituents is 1. The molecule has 0 aliphatic carbocycles. The summed E-state index contributed by atoms with van der Waals surface area (Å²) in [6, 6.07) is 4.43. The topological polar surface area (TPSA) is 124 Å². The van der Waals surface area contributed by atoms with E-state index in [0.29, 0.717) is 13.0 Å². The van der Waals surface area contributed by atoms with Crippen molar-refractivity contribution in [1.82, 2.24) is 4.90 Å². The highest BCUT2D eigenvalue weighted by molar-refractivity contribution is 7.91. The summed E-state index contributed by atoms with van der Waals surface area (Å²) in [6.07, 6.45) is 0.372. The maximum absolute atomic E-state index is 12.5. The Labute approximate surface area is 157 Å².